The molecule has 0 N–H and O–H groups in total. The standard InChI is InChI=1S/C10H14/c1-2-3-9-6-8-4-5-10(9)7-8/h2-3,6,8,10H,4-5,7H2,1H3. The fraction of sp³-hybridized carbons (Fsp3) is 0.600. The highest BCUT2D eigenvalue weighted by Gasteiger charge is 2.30. The lowest BCUT2D eigenvalue weighted by atomic mass is 9.98. The molecule has 0 heteroatoms. The summed E-state index contributed by atoms with van der Waals surface area (Å²) in [6.45, 7) is 2.10. The van der Waals surface area contributed by atoms with Gasteiger partial charge < -0.3 is 0 Å². The van der Waals surface area contributed by atoms with E-state index < -0.39 is 0 Å². The zero-order chi connectivity index (χ0) is 6.97. The number of rotatable bonds is 1. The Morgan fingerprint density at radius 1 is 1.50 bits per heavy atom. The van der Waals surface area contributed by atoms with Crippen molar-refractivity contribution in [1.82, 2.24) is 0 Å². The molecule has 54 valence electrons. The molecular formula is C10H14. The molecule has 0 aliphatic heterocycles. The lowest BCUT2D eigenvalue weighted by molar-refractivity contribution is 0.671. The molecule has 0 heterocycles. The fourth-order valence-electron chi connectivity index (χ4n) is 2.26. The Morgan fingerprint density at radius 3 is 2.90 bits per heavy atom. The Kier molecular flexibility index (Phi) is 1.40. The number of fused-ring (bicyclic) bond motifs is 2. The van der Waals surface area contributed by atoms with E-state index in [0.29, 0.717) is 0 Å². The summed E-state index contributed by atoms with van der Waals surface area (Å²) in [5.74, 6) is 1.87. The van der Waals surface area contributed by atoms with Gasteiger partial charge in [0, 0.05) is 0 Å². The maximum absolute atomic E-state index is 2.47. The lowest BCUT2D eigenvalue weighted by Gasteiger charge is -2.07. The molecule has 2 rings (SSSR count). The molecule has 2 bridgehead atoms. The topological polar surface area (TPSA) is 0 Å². The van der Waals surface area contributed by atoms with Gasteiger partial charge in [-0.2, -0.15) is 0 Å². The highest BCUT2D eigenvalue weighted by molar-refractivity contribution is 5.29. The summed E-state index contributed by atoms with van der Waals surface area (Å²) in [5.41, 5.74) is 1.61. The minimum Gasteiger partial charge on any atom is -0.0874 e. The Morgan fingerprint density at radius 2 is 2.40 bits per heavy atom. The molecule has 0 amide bonds. The maximum atomic E-state index is 2.47. The minimum absolute atomic E-state index is 0.932. The van der Waals surface area contributed by atoms with Gasteiger partial charge in [0.1, 0.15) is 0 Å². The fourth-order valence-corrected chi connectivity index (χ4v) is 2.26. The SMILES string of the molecule is CC=CC1=CC2CCC1C2. The van der Waals surface area contributed by atoms with Gasteiger partial charge in [0.25, 0.3) is 0 Å². The Labute approximate surface area is 62.6 Å². The summed E-state index contributed by atoms with van der Waals surface area (Å²) < 4.78 is 0. The molecule has 2 aliphatic rings. The van der Waals surface area contributed by atoms with Crippen molar-refractivity contribution in [3.8, 4) is 0 Å². The summed E-state index contributed by atoms with van der Waals surface area (Å²) >= 11 is 0. The van der Waals surface area contributed by atoms with E-state index in [-0.39, 0.29) is 0 Å². The van der Waals surface area contributed by atoms with Gasteiger partial charge >= 0.3 is 0 Å². The van der Waals surface area contributed by atoms with Crippen LogP contribution in [0.4, 0.5) is 0 Å². The molecule has 1 fully saturated rings. The van der Waals surface area contributed by atoms with Crippen LogP contribution < -0.4 is 0 Å². The van der Waals surface area contributed by atoms with E-state index in [1.165, 1.54) is 19.3 Å². The van der Waals surface area contributed by atoms with Crippen LogP contribution in [0.5, 0.6) is 0 Å². The van der Waals surface area contributed by atoms with Crippen LogP contribution in [0.3, 0.4) is 0 Å². The van der Waals surface area contributed by atoms with Crippen LogP contribution in [0.1, 0.15) is 26.2 Å². The molecule has 2 aliphatic carbocycles. The van der Waals surface area contributed by atoms with Gasteiger partial charge in [-0.3, -0.25) is 0 Å². The molecule has 2 unspecified atom stereocenters. The van der Waals surface area contributed by atoms with Crippen molar-refractivity contribution < 1.29 is 0 Å². The molecule has 0 aromatic carbocycles. The van der Waals surface area contributed by atoms with Crippen molar-refractivity contribution in [2.45, 2.75) is 26.2 Å². The molecule has 1 saturated carbocycles. The van der Waals surface area contributed by atoms with Gasteiger partial charge in [0.05, 0.1) is 0 Å². The second-order valence-corrected chi connectivity index (χ2v) is 3.44. The first kappa shape index (κ1) is 6.21. The third kappa shape index (κ3) is 0.828. The second kappa shape index (κ2) is 2.26. The van der Waals surface area contributed by atoms with Gasteiger partial charge in [-0.15, -0.1) is 0 Å². The minimum atomic E-state index is 0.932. The van der Waals surface area contributed by atoms with Crippen molar-refractivity contribution in [1.29, 1.82) is 0 Å². The Hall–Kier alpha value is -0.520. The molecule has 0 aromatic rings. The van der Waals surface area contributed by atoms with Crippen molar-refractivity contribution in [2.75, 3.05) is 0 Å². The molecule has 0 spiro atoms. The first-order chi connectivity index (χ1) is 4.90. The first-order valence-corrected chi connectivity index (χ1v) is 4.24. The number of hydrogen-bond acceptors (Lipinski definition) is 0. The van der Waals surface area contributed by atoms with Gasteiger partial charge in [0.2, 0.25) is 0 Å². The highest BCUT2D eigenvalue weighted by atomic mass is 14.4. The molecule has 2 atom stereocenters. The Bertz CT molecular complexity index is 186. The zero-order valence-electron chi connectivity index (χ0n) is 6.51. The molecule has 0 saturated heterocycles. The van der Waals surface area contributed by atoms with Crippen LogP contribution in [0, 0.1) is 11.8 Å². The van der Waals surface area contributed by atoms with Crippen molar-refractivity contribution in [3.63, 3.8) is 0 Å². The molecule has 0 radical (unpaired) electrons. The summed E-state index contributed by atoms with van der Waals surface area (Å²) in [6.07, 6.45) is 11.2. The smallest absolute Gasteiger partial charge is 0.0159 e. The normalized spacial score (nSPS) is 37.5. The summed E-state index contributed by atoms with van der Waals surface area (Å²) in [5, 5.41) is 0. The van der Waals surface area contributed by atoms with Crippen molar-refractivity contribution in [3.05, 3.63) is 23.8 Å². The monoisotopic (exact) mass is 134 g/mol. The van der Waals surface area contributed by atoms with E-state index in [2.05, 4.69) is 25.2 Å². The second-order valence-electron chi connectivity index (χ2n) is 3.44. The van der Waals surface area contributed by atoms with Gasteiger partial charge in [-0.05, 0) is 43.6 Å². The third-order valence-corrected chi connectivity index (χ3v) is 2.73. The molecule has 0 nitrogen and oxygen atoms in total. The van der Waals surface area contributed by atoms with Crippen LogP contribution in [0.2, 0.25) is 0 Å². The van der Waals surface area contributed by atoms with Gasteiger partial charge in [-0.25, -0.2) is 0 Å². The number of hydrogen-bond donors (Lipinski definition) is 0. The van der Waals surface area contributed by atoms with Crippen molar-refractivity contribution in [2.24, 2.45) is 11.8 Å². The largest absolute Gasteiger partial charge is 0.0874 e. The average molecular weight is 134 g/mol. The molecule has 0 aromatic heterocycles. The van der Waals surface area contributed by atoms with E-state index >= 15 is 0 Å². The molecule has 10 heavy (non-hydrogen) atoms. The van der Waals surface area contributed by atoms with E-state index in [1.54, 1.807) is 5.57 Å². The first-order valence-electron chi connectivity index (χ1n) is 4.24. The van der Waals surface area contributed by atoms with Crippen LogP contribution >= 0.6 is 0 Å². The maximum Gasteiger partial charge on any atom is -0.0159 e. The molecular weight excluding hydrogens is 120 g/mol. The summed E-state index contributed by atoms with van der Waals surface area (Å²) in [7, 11) is 0. The van der Waals surface area contributed by atoms with E-state index in [4.69, 9.17) is 0 Å². The summed E-state index contributed by atoms with van der Waals surface area (Å²) in [6, 6.07) is 0. The van der Waals surface area contributed by atoms with Crippen LogP contribution in [0.15, 0.2) is 23.8 Å². The predicted molar refractivity (Wildman–Crippen MR) is 43.7 cm³/mol. The van der Waals surface area contributed by atoms with E-state index in [0.717, 1.165) is 11.8 Å². The highest BCUT2D eigenvalue weighted by Crippen LogP contribution is 2.43. The average Bonchev–Trinajstić information content (AvgIpc) is 2.48. The van der Waals surface area contributed by atoms with E-state index in [1.807, 2.05) is 0 Å². The van der Waals surface area contributed by atoms with E-state index in [9.17, 15) is 0 Å². The van der Waals surface area contributed by atoms with Gasteiger partial charge in [0.15, 0.2) is 0 Å². The van der Waals surface area contributed by atoms with Crippen LogP contribution in [-0.4, -0.2) is 0 Å². The van der Waals surface area contributed by atoms with Crippen molar-refractivity contribution >= 4 is 0 Å². The number of allylic oxidation sites excluding steroid dienone is 4. The lowest BCUT2D eigenvalue weighted by Crippen LogP contribution is -1.93. The summed E-state index contributed by atoms with van der Waals surface area (Å²) in [4.78, 5) is 0. The Balaban J connectivity index is 2.17. The van der Waals surface area contributed by atoms with Crippen LogP contribution in [-0.2, 0) is 0 Å². The predicted octanol–water partition coefficient (Wildman–Crippen LogP) is 2.92. The quantitative estimate of drug-likeness (QED) is 0.517. The zero-order valence-corrected chi connectivity index (χ0v) is 6.51. The van der Waals surface area contributed by atoms with Gasteiger partial charge in [-0.1, -0.05) is 18.2 Å². The van der Waals surface area contributed by atoms with Crippen LogP contribution in [0.25, 0.3) is 0 Å². The third-order valence-electron chi connectivity index (χ3n) is 2.73.